The van der Waals surface area contributed by atoms with Gasteiger partial charge in [0.15, 0.2) is 0 Å². The van der Waals surface area contributed by atoms with Crippen molar-refractivity contribution < 1.29 is 28.2 Å². The molecule has 0 aliphatic carbocycles. The Morgan fingerprint density at radius 3 is 2.05 bits per heavy atom. The molecule has 0 aromatic heterocycles. The van der Waals surface area contributed by atoms with Gasteiger partial charge in [0.05, 0.1) is 11.8 Å². The molecule has 3 N–H and O–H groups in total. The van der Waals surface area contributed by atoms with Gasteiger partial charge in [0.2, 0.25) is 0 Å². The largest absolute Gasteiger partial charge is 0.481 e. The molecule has 116 valence electrons. The van der Waals surface area contributed by atoms with Gasteiger partial charge in [-0.15, -0.1) is 0 Å². The highest BCUT2D eigenvalue weighted by atomic mass is 32.2. The number of nitrogens with one attached hydrogen (secondary N) is 1. The van der Waals surface area contributed by atoms with Gasteiger partial charge >= 0.3 is 11.9 Å². The molecule has 1 aliphatic rings. The van der Waals surface area contributed by atoms with Crippen molar-refractivity contribution in [3.05, 3.63) is 0 Å². The SMILES string of the molecule is CC(C)(C)NS(=O)(=O)N1CCC(C(=O)O)C(C(=O)O)C1. The zero-order valence-corrected chi connectivity index (χ0v) is 12.5. The van der Waals surface area contributed by atoms with Crippen LogP contribution >= 0.6 is 0 Å². The van der Waals surface area contributed by atoms with E-state index >= 15 is 0 Å². The van der Waals surface area contributed by atoms with Gasteiger partial charge < -0.3 is 10.2 Å². The Balaban J connectivity index is 2.92. The first kappa shape index (κ1) is 16.9. The molecule has 0 aromatic rings. The summed E-state index contributed by atoms with van der Waals surface area (Å²) in [6.07, 6.45) is -0.0165. The molecular weight excluding hydrogens is 288 g/mol. The molecule has 1 saturated heterocycles. The number of rotatable bonds is 4. The third-order valence-electron chi connectivity index (χ3n) is 2.99. The fraction of sp³-hybridized carbons (Fsp3) is 0.818. The Labute approximate surface area is 118 Å². The average Bonchev–Trinajstić information content (AvgIpc) is 2.24. The molecule has 1 aliphatic heterocycles. The Kier molecular flexibility index (Phi) is 4.78. The summed E-state index contributed by atoms with van der Waals surface area (Å²) in [7, 11) is -3.83. The summed E-state index contributed by atoms with van der Waals surface area (Å²) in [5.74, 6) is -4.81. The molecule has 0 radical (unpaired) electrons. The molecule has 0 bridgehead atoms. The lowest BCUT2D eigenvalue weighted by atomic mass is 9.86. The van der Waals surface area contributed by atoms with Crippen LogP contribution in [0.5, 0.6) is 0 Å². The maximum atomic E-state index is 12.1. The molecule has 9 heteroatoms. The summed E-state index contributed by atoms with van der Waals surface area (Å²) >= 11 is 0. The van der Waals surface area contributed by atoms with Crippen LogP contribution in [0.3, 0.4) is 0 Å². The van der Waals surface area contributed by atoms with Gasteiger partial charge in [-0.1, -0.05) is 0 Å². The Morgan fingerprint density at radius 2 is 1.65 bits per heavy atom. The van der Waals surface area contributed by atoms with Gasteiger partial charge in [0.1, 0.15) is 0 Å². The van der Waals surface area contributed by atoms with Gasteiger partial charge in [-0.2, -0.15) is 17.4 Å². The zero-order chi connectivity index (χ0) is 15.7. The average molecular weight is 308 g/mol. The van der Waals surface area contributed by atoms with E-state index in [9.17, 15) is 18.0 Å². The molecule has 1 rings (SSSR count). The maximum absolute atomic E-state index is 12.1. The lowest BCUT2D eigenvalue weighted by Crippen LogP contribution is -2.54. The van der Waals surface area contributed by atoms with Gasteiger partial charge in [0, 0.05) is 18.6 Å². The van der Waals surface area contributed by atoms with E-state index < -0.39 is 39.5 Å². The number of carbonyl (C=O) groups is 2. The quantitative estimate of drug-likeness (QED) is 0.656. The second-order valence-corrected chi connectivity index (χ2v) is 7.56. The fourth-order valence-corrected chi connectivity index (χ4v) is 3.74. The normalized spacial score (nSPS) is 25.4. The molecule has 0 aromatic carbocycles. The minimum absolute atomic E-state index is 0.00778. The first-order valence-corrected chi connectivity index (χ1v) is 7.63. The fourth-order valence-electron chi connectivity index (χ4n) is 2.14. The van der Waals surface area contributed by atoms with Gasteiger partial charge in [-0.25, -0.2) is 0 Å². The van der Waals surface area contributed by atoms with Crippen LogP contribution in [0.15, 0.2) is 0 Å². The van der Waals surface area contributed by atoms with Crippen molar-refractivity contribution in [1.29, 1.82) is 0 Å². The molecular formula is C11H20N2O6S. The number of hydrogen-bond donors (Lipinski definition) is 3. The zero-order valence-electron chi connectivity index (χ0n) is 11.7. The second-order valence-electron chi connectivity index (χ2n) is 5.89. The lowest BCUT2D eigenvalue weighted by molar-refractivity contribution is -0.156. The first-order valence-electron chi connectivity index (χ1n) is 6.19. The molecule has 1 heterocycles. The van der Waals surface area contributed by atoms with E-state index in [0.717, 1.165) is 4.31 Å². The van der Waals surface area contributed by atoms with Crippen molar-refractivity contribution in [2.75, 3.05) is 13.1 Å². The molecule has 8 nitrogen and oxygen atoms in total. The molecule has 2 atom stereocenters. The third kappa shape index (κ3) is 4.15. The molecule has 0 amide bonds. The van der Waals surface area contributed by atoms with E-state index in [1.165, 1.54) is 0 Å². The van der Waals surface area contributed by atoms with Crippen LogP contribution in [0.2, 0.25) is 0 Å². The number of carboxylic acid groups (broad SMARTS) is 2. The smallest absolute Gasteiger partial charge is 0.308 e. The monoisotopic (exact) mass is 308 g/mol. The summed E-state index contributed by atoms with van der Waals surface area (Å²) in [5, 5.41) is 18.1. The van der Waals surface area contributed by atoms with Crippen molar-refractivity contribution in [2.24, 2.45) is 11.8 Å². The summed E-state index contributed by atoms with van der Waals surface area (Å²) < 4.78 is 27.7. The van der Waals surface area contributed by atoms with Crippen LogP contribution < -0.4 is 4.72 Å². The Hall–Kier alpha value is -1.19. The summed E-state index contributed by atoms with van der Waals surface area (Å²) in [6, 6.07) is 0. The van der Waals surface area contributed by atoms with Crippen molar-refractivity contribution in [3.63, 3.8) is 0 Å². The van der Waals surface area contributed by atoms with E-state index in [4.69, 9.17) is 10.2 Å². The number of aliphatic carboxylic acids is 2. The molecule has 0 saturated carbocycles. The minimum Gasteiger partial charge on any atom is -0.481 e. The van der Waals surface area contributed by atoms with E-state index in [-0.39, 0.29) is 19.5 Å². The van der Waals surface area contributed by atoms with E-state index in [1.54, 1.807) is 20.8 Å². The topological polar surface area (TPSA) is 124 Å². The van der Waals surface area contributed by atoms with Crippen LogP contribution in [-0.4, -0.2) is 53.5 Å². The summed E-state index contributed by atoms with van der Waals surface area (Å²) in [4.78, 5) is 22.1. The first-order chi connectivity index (χ1) is 8.94. The highest BCUT2D eigenvalue weighted by Gasteiger charge is 2.42. The summed E-state index contributed by atoms with van der Waals surface area (Å²) in [5.41, 5.74) is -0.693. The van der Waals surface area contributed by atoms with Crippen molar-refractivity contribution >= 4 is 22.1 Å². The van der Waals surface area contributed by atoms with Crippen LogP contribution in [0.4, 0.5) is 0 Å². The van der Waals surface area contributed by atoms with Crippen LogP contribution in [-0.2, 0) is 19.8 Å². The summed E-state index contributed by atoms with van der Waals surface area (Å²) in [6.45, 7) is 4.67. The highest BCUT2D eigenvalue weighted by Crippen LogP contribution is 2.26. The predicted molar refractivity (Wildman–Crippen MR) is 70.3 cm³/mol. The highest BCUT2D eigenvalue weighted by molar-refractivity contribution is 7.87. The van der Waals surface area contributed by atoms with Crippen LogP contribution in [0.1, 0.15) is 27.2 Å². The van der Waals surface area contributed by atoms with E-state index in [1.807, 2.05) is 0 Å². The maximum Gasteiger partial charge on any atom is 0.308 e. The van der Waals surface area contributed by atoms with E-state index in [0.29, 0.717) is 0 Å². The number of nitrogens with zero attached hydrogens (tertiary/aromatic N) is 1. The minimum atomic E-state index is -3.83. The van der Waals surface area contributed by atoms with Crippen molar-refractivity contribution in [2.45, 2.75) is 32.7 Å². The van der Waals surface area contributed by atoms with Gasteiger partial charge in [-0.3, -0.25) is 9.59 Å². The Morgan fingerprint density at radius 1 is 1.15 bits per heavy atom. The van der Waals surface area contributed by atoms with Gasteiger partial charge in [-0.05, 0) is 27.2 Å². The van der Waals surface area contributed by atoms with Crippen LogP contribution in [0, 0.1) is 11.8 Å². The molecule has 2 unspecified atom stereocenters. The standard InChI is InChI=1S/C11H20N2O6S/c1-11(2,3)12-20(18,19)13-5-4-7(9(14)15)8(6-13)10(16)17/h7-8,12H,4-6H2,1-3H3,(H,14,15)(H,16,17). The number of carboxylic acids is 2. The Bertz CT molecular complexity index is 496. The van der Waals surface area contributed by atoms with Crippen molar-refractivity contribution in [3.8, 4) is 0 Å². The lowest BCUT2D eigenvalue weighted by Gasteiger charge is -2.35. The van der Waals surface area contributed by atoms with Crippen molar-refractivity contribution in [1.82, 2.24) is 9.03 Å². The second kappa shape index (κ2) is 5.66. The predicted octanol–water partition coefficient (Wildman–Crippen LogP) is -0.273. The molecule has 1 fully saturated rings. The number of hydrogen-bond acceptors (Lipinski definition) is 4. The number of piperidine rings is 1. The molecule has 20 heavy (non-hydrogen) atoms. The van der Waals surface area contributed by atoms with Crippen LogP contribution in [0.25, 0.3) is 0 Å². The van der Waals surface area contributed by atoms with E-state index in [2.05, 4.69) is 4.72 Å². The molecule has 0 spiro atoms. The third-order valence-corrected chi connectivity index (χ3v) is 4.87. The van der Waals surface area contributed by atoms with Gasteiger partial charge in [0.25, 0.3) is 10.2 Å².